The van der Waals surface area contributed by atoms with Crippen molar-refractivity contribution in [1.82, 2.24) is 0 Å². The summed E-state index contributed by atoms with van der Waals surface area (Å²) in [6, 6.07) is 8.38. The maximum absolute atomic E-state index is 9.87. The number of anilines is 1. The first-order chi connectivity index (χ1) is 10.1. The van der Waals surface area contributed by atoms with Gasteiger partial charge >= 0.3 is 0 Å². The van der Waals surface area contributed by atoms with Crippen LogP contribution in [-0.2, 0) is 4.74 Å². The SMILES string of the molecule is CCCCCCOCC(O)CNc1ccc(C(C)C)cc1. The Labute approximate surface area is 129 Å². The molecule has 21 heavy (non-hydrogen) atoms. The molecule has 0 aromatic heterocycles. The van der Waals surface area contributed by atoms with Gasteiger partial charge in [-0.25, -0.2) is 0 Å². The summed E-state index contributed by atoms with van der Waals surface area (Å²) in [7, 11) is 0. The standard InChI is InChI=1S/C18H31NO2/c1-4-5-6-7-12-21-14-18(20)13-19-17-10-8-16(9-11-17)15(2)3/h8-11,15,18-20H,4-7,12-14H2,1-3H3. The summed E-state index contributed by atoms with van der Waals surface area (Å²) in [6.07, 6.45) is 4.35. The molecule has 0 saturated heterocycles. The van der Waals surface area contributed by atoms with Crippen LogP contribution in [0.3, 0.4) is 0 Å². The third-order valence-electron chi connectivity index (χ3n) is 3.57. The average Bonchev–Trinajstić information content (AvgIpc) is 2.49. The molecule has 0 radical (unpaired) electrons. The Kier molecular flexibility index (Phi) is 9.11. The monoisotopic (exact) mass is 293 g/mol. The van der Waals surface area contributed by atoms with E-state index in [2.05, 4.69) is 50.4 Å². The molecule has 0 heterocycles. The maximum Gasteiger partial charge on any atom is 0.0945 e. The van der Waals surface area contributed by atoms with Gasteiger partial charge in [0.2, 0.25) is 0 Å². The van der Waals surface area contributed by atoms with Crippen LogP contribution in [0, 0.1) is 0 Å². The van der Waals surface area contributed by atoms with Gasteiger partial charge in [-0.15, -0.1) is 0 Å². The summed E-state index contributed by atoms with van der Waals surface area (Å²) in [5.74, 6) is 0.547. The second-order valence-electron chi connectivity index (χ2n) is 5.95. The first-order valence-corrected chi connectivity index (χ1v) is 8.23. The van der Waals surface area contributed by atoms with Crippen LogP contribution in [-0.4, -0.2) is 31.0 Å². The second kappa shape index (κ2) is 10.6. The topological polar surface area (TPSA) is 41.5 Å². The van der Waals surface area contributed by atoms with E-state index in [9.17, 15) is 5.11 Å². The highest BCUT2D eigenvalue weighted by Gasteiger charge is 2.04. The Hall–Kier alpha value is -1.06. The van der Waals surface area contributed by atoms with E-state index in [0.29, 0.717) is 19.1 Å². The van der Waals surface area contributed by atoms with Crippen molar-refractivity contribution in [3.05, 3.63) is 29.8 Å². The summed E-state index contributed by atoms with van der Waals surface area (Å²) in [6.45, 7) is 8.25. The highest BCUT2D eigenvalue weighted by molar-refractivity contribution is 5.45. The molecule has 1 atom stereocenters. The minimum Gasteiger partial charge on any atom is -0.389 e. The summed E-state index contributed by atoms with van der Waals surface area (Å²) in [5.41, 5.74) is 2.37. The summed E-state index contributed by atoms with van der Waals surface area (Å²) >= 11 is 0. The van der Waals surface area contributed by atoms with Gasteiger partial charge in [-0.2, -0.15) is 0 Å². The normalized spacial score (nSPS) is 12.6. The molecule has 2 N–H and O–H groups in total. The molecule has 3 nitrogen and oxygen atoms in total. The Morgan fingerprint density at radius 1 is 1.10 bits per heavy atom. The van der Waals surface area contributed by atoms with Crippen LogP contribution in [0.1, 0.15) is 57.9 Å². The van der Waals surface area contributed by atoms with Crippen molar-refractivity contribution in [1.29, 1.82) is 0 Å². The predicted molar refractivity (Wildman–Crippen MR) is 90.0 cm³/mol. The summed E-state index contributed by atoms with van der Waals surface area (Å²) < 4.78 is 5.49. The van der Waals surface area contributed by atoms with E-state index in [1.54, 1.807) is 0 Å². The molecular weight excluding hydrogens is 262 g/mol. The van der Waals surface area contributed by atoms with Crippen molar-refractivity contribution < 1.29 is 9.84 Å². The van der Waals surface area contributed by atoms with Gasteiger partial charge in [-0.1, -0.05) is 52.2 Å². The van der Waals surface area contributed by atoms with Gasteiger partial charge in [0.15, 0.2) is 0 Å². The molecule has 120 valence electrons. The van der Waals surface area contributed by atoms with E-state index in [-0.39, 0.29) is 0 Å². The van der Waals surface area contributed by atoms with Crippen molar-refractivity contribution in [2.45, 2.75) is 58.5 Å². The fourth-order valence-corrected chi connectivity index (χ4v) is 2.13. The number of benzene rings is 1. The molecule has 0 fully saturated rings. The molecule has 0 aliphatic carbocycles. The minimum absolute atomic E-state index is 0.406. The van der Waals surface area contributed by atoms with Gasteiger partial charge in [0, 0.05) is 18.8 Å². The van der Waals surface area contributed by atoms with Gasteiger partial charge in [-0.05, 0) is 30.0 Å². The van der Waals surface area contributed by atoms with E-state index in [1.807, 2.05) is 0 Å². The van der Waals surface area contributed by atoms with Gasteiger partial charge in [0.1, 0.15) is 0 Å². The van der Waals surface area contributed by atoms with E-state index in [4.69, 9.17) is 4.74 Å². The lowest BCUT2D eigenvalue weighted by Crippen LogP contribution is -2.25. The zero-order valence-electron chi connectivity index (χ0n) is 13.8. The first-order valence-electron chi connectivity index (χ1n) is 8.23. The molecule has 0 saturated carbocycles. The zero-order chi connectivity index (χ0) is 15.5. The predicted octanol–water partition coefficient (Wildman–Crippen LogP) is 4.18. The lowest BCUT2D eigenvalue weighted by molar-refractivity contribution is 0.0417. The molecule has 0 amide bonds. The number of nitrogens with one attached hydrogen (secondary N) is 1. The van der Waals surface area contributed by atoms with Crippen molar-refractivity contribution in [3.63, 3.8) is 0 Å². The number of aliphatic hydroxyl groups excluding tert-OH is 1. The Morgan fingerprint density at radius 2 is 1.81 bits per heavy atom. The molecule has 0 aliphatic heterocycles. The smallest absolute Gasteiger partial charge is 0.0945 e. The number of hydrogen-bond acceptors (Lipinski definition) is 3. The molecule has 1 rings (SSSR count). The van der Waals surface area contributed by atoms with Crippen molar-refractivity contribution in [3.8, 4) is 0 Å². The molecular formula is C18H31NO2. The Morgan fingerprint density at radius 3 is 2.43 bits per heavy atom. The molecule has 0 aliphatic rings. The Bertz CT molecular complexity index is 362. The van der Waals surface area contributed by atoms with E-state index in [0.717, 1.165) is 18.7 Å². The fraction of sp³-hybridized carbons (Fsp3) is 0.667. The largest absolute Gasteiger partial charge is 0.389 e. The third kappa shape index (κ3) is 8.08. The second-order valence-corrected chi connectivity index (χ2v) is 5.95. The average molecular weight is 293 g/mol. The summed E-state index contributed by atoms with van der Waals surface area (Å²) in [5, 5.41) is 13.1. The van der Waals surface area contributed by atoms with Crippen LogP contribution in [0.2, 0.25) is 0 Å². The van der Waals surface area contributed by atoms with Crippen LogP contribution in [0.5, 0.6) is 0 Å². The molecule has 0 bridgehead atoms. The minimum atomic E-state index is -0.457. The molecule has 0 spiro atoms. The van der Waals surface area contributed by atoms with Crippen LogP contribution in [0.4, 0.5) is 5.69 Å². The lowest BCUT2D eigenvalue weighted by atomic mass is 10.0. The van der Waals surface area contributed by atoms with Crippen LogP contribution in [0.25, 0.3) is 0 Å². The zero-order valence-corrected chi connectivity index (χ0v) is 13.8. The van der Waals surface area contributed by atoms with Crippen LogP contribution < -0.4 is 5.32 Å². The van der Waals surface area contributed by atoms with Gasteiger partial charge < -0.3 is 15.2 Å². The molecule has 1 aromatic carbocycles. The van der Waals surface area contributed by atoms with E-state index in [1.165, 1.54) is 24.8 Å². The van der Waals surface area contributed by atoms with Crippen LogP contribution >= 0.6 is 0 Å². The van der Waals surface area contributed by atoms with Gasteiger partial charge in [0.05, 0.1) is 12.7 Å². The van der Waals surface area contributed by atoms with E-state index < -0.39 is 6.10 Å². The van der Waals surface area contributed by atoms with Crippen LogP contribution in [0.15, 0.2) is 24.3 Å². The highest BCUT2D eigenvalue weighted by atomic mass is 16.5. The first kappa shape index (κ1) is 18.0. The van der Waals surface area contributed by atoms with Crippen molar-refractivity contribution in [2.24, 2.45) is 0 Å². The van der Waals surface area contributed by atoms with E-state index >= 15 is 0 Å². The molecule has 1 unspecified atom stereocenters. The quantitative estimate of drug-likeness (QED) is 0.601. The fourth-order valence-electron chi connectivity index (χ4n) is 2.13. The Balaban J connectivity index is 2.13. The van der Waals surface area contributed by atoms with Gasteiger partial charge in [0.25, 0.3) is 0 Å². The number of unbranched alkanes of at least 4 members (excludes halogenated alkanes) is 3. The van der Waals surface area contributed by atoms with Gasteiger partial charge in [-0.3, -0.25) is 0 Å². The molecule has 3 heteroatoms. The van der Waals surface area contributed by atoms with Crippen molar-refractivity contribution >= 4 is 5.69 Å². The molecule has 1 aromatic rings. The number of rotatable bonds is 11. The number of ether oxygens (including phenoxy) is 1. The lowest BCUT2D eigenvalue weighted by Gasteiger charge is -2.14. The number of aliphatic hydroxyl groups is 1. The van der Waals surface area contributed by atoms with Crippen molar-refractivity contribution in [2.75, 3.05) is 25.1 Å². The maximum atomic E-state index is 9.87. The number of hydrogen-bond donors (Lipinski definition) is 2. The highest BCUT2D eigenvalue weighted by Crippen LogP contribution is 2.17. The third-order valence-corrected chi connectivity index (χ3v) is 3.57. The summed E-state index contributed by atoms with van der Waals surface area (Å²) in [4.78, 5) is 0.